The molecule has 0 atom stereocenters. The van der Waals surface area contributed by atoms with Crippen molar-refractivity contribution < 1.29 is 0 Å². The van der Waals surface area contributed by atoms with Crippen LogP contribution >= 0.6 is 11.8 Å². The van der Waals surface area contributed by atoms with Gasteiger partial charge in [-0.2, -0.15) is 0 Å². The van der Waals surface area contributed by atoms with Crippen LogP contribution in [0.2, 0.25) is 0 Å². The van der Waals surface area contributed by atoms with E-state index >= 15 is 0 Å². The van der Waals surface area contributed by atoms with Crippen LogP contribution in [0.15, 0.2) is 17.0 Å². The molecule has 1 rings (SSSR count). The van der Waals surface area contributed by atoms with Gasteiger partial charge in [-0.3, -0.25) is 0 Å². The van der Waals surface area contributed by atoms with Gasteiger partial charge >= 0.3 is 0 Å². The third-order valence-corrected chi connectivity index (χ3v) is 4.30. The van der Waals surface area contributed by atoms with Gasteiger partial charge in [-0.15, -0.1) is 11.8 Å². The minimum absolute atomic E-state index is 0.124. The van der Waals surface area contributed by atoms with E-state index in [-0.39, 0.29) is 10.2 Å². The summed E-state index contributed by atoms with van der Waals surface area (Å²) < 4.78 is 0.164. The SMILES string of the molecule is CC(C)(C)Sc1c(CN)cc(C(C)(C)C)cc1CN. The van der Waals surface area contributed by atoms with Crippen molar-refractivity contribution in [1.29, 1.82) is 0 Å². The Bertz CT molecular complexity index is 414. The minimum atomic E-state index is 0.124. The average molecular weight is 280 g/mol. The summed E-state index contributed by atoms with van der Waals surface area (Å²) in [4.78, 5) is 1.27. The Balaban J connectivity index is 3.38. The van der Waals surface area contributed by atoms with Gasteiger partial charge in [0.05, 0.1) is 0 Å². The van der Waals surface area contributed by atoms with Crippen LogP contribution in [0.5, 0.6) is 0 Å². The van der Waals surface area contributed by atoms with Crippen LogP contribution in [0.1, 0.15) is 58.2 Å². The molecule has 0 aliphatic rings. The lowest BCUT2D eigenvalue weighted by atomic mass is 9.85. The number of thioether (sulfide) groups is 1. The van der Waals surface area contributed by atoms with Crippen LogP contribution in [0.4, 0.5) is 0 Å². The molecule has 108 valence electrons. The van der Waals surface area contributed by atoms with Gasteiger partial charge in [-0.25, -0.2) is 0 Å². The van der Waals surface area contributed by atoms with Gasteiger partial charge in [0.15, 0.2) is 0 Å². The van der Waals surface area contributed by atoms with E-state index in [2.05, 4.69) is 53.7 Å². The molecule has 0 unspecified atom stereocenters. The lowest BCUT2D eigenvalue weighted by molar-refractivity contribution is 0.587. The van der Waals surface area contributed by atoms with Crippen molar-refractivity contribution in [1.82, 2.24) is 0 Å². The lowest BCUT2D eigenvalue weighted by Gasteiger charge is -2.26. The second kappa shape index (κ2) is 5.86. The summed E-state index contributed by atoms with van der Waals surface area (Å²) in [5, 5.41) is 0. The zero-order valence-corrected chi connectivity index (χ0v) is 13.9. The first-order valence-corrected chi connectivity index (χ1v) is 7.65. The Morgan fingerprint density at radius 3 is 1.58 bits per heavy atom. The average Bonchev–Trinajstić information content (AvgIpc) is 2.25. The van der Waals surface area contributed by atoms with Crippen LogP contribution in [0, 0.1) is 0 Å². The van der Waals surface area contributed by atoms with Gasteiger partial charge in [0.1, 0.15) is 0 Å². The van der Waals surface area contributed by atoms with Crippen molar-refractivity contribution in [3.05, 3.63) is 28.8 Å². The summed E-state index contributed by atoms with van der Waals surface area (Å²) in [6.07, 6.45) is 0. The van der Waals surface area contributed by atoms with Gasteiger partial charge < -0.3 is 11.5 Å². The fraction of sp³-hybridized carbons (Fsp3) is 0.625. The van der Waals surface area contributed by atoms with E-state index in [9.17, 15) is 0 Å². The molecule has 19 heavy (non-hydrogen) atoms. The van der Waals surface area contributed by atoms with Crippen LogP contribution < -0.4 is 11.5 Å². The number of benzene rings is 1. The van der Waals surface area contributed by atoms with E-state index in [4.69, 9.17) is 11.5 Å². The van der Waals surface area contributed by atoms with Crippen LogP contribution in [0.25, 0.3) is 0 Å². The summed E-state index contributed by atoms with van der Waals surface area (Å²) in [5.41, 5.74) is 15.8. The van der Waals surface area contributed by atoms with Gasteiger partial charge in [0, 0.05) is 22.7 Å². The second-order valence-corrected chi connectivity index (χ2v) is 8.83. The van der Waals surface area contributed by atoms with Gasteiger partial charge in [-0.05, 0) is 22.1 Å². The molecule has 0 aromatic heterocycles. The summed E-state index contributed by atoms with van der Waals surface area (Å²) >= 11 is 1.86. The summed E-state index contributed by atoms with van der Waals surface area (Å²) in [6.45, 7) is 14.4. The Morgan fingerprint density at radius 2 is 1.32 bits per heavy atom. The van der Waals surface area contributed by atoms with Crippen molar-refractivity contribution in [3.8, 4) is 0 Å². The van der Waals surface area contributed by atoms with Crippen molar-refractivity contribution >= 4 is 11.8 Å². The van der Waals surface area contributed by atoms with Crippen molar-refractivity contribution in [2.75, 3.05) is 0 Å². The van der Waals surface area contributed by atoms with Gasteiger partial charge in [-0.1, -0.05) is 53.7 Å². The summed E-state index contributed by atoms with van der Waals surface area (Å²) in [5.74, 6) is 0. The topological polar surface area (TPSA) is 52.0 Å². The van der Waals surface area contributed by atoms with E-state index in [1.807, 2.05) is 11.8 Å². The molecule has 0 aliphatic carbocycles. The smallest absolute Gasteiger partial charge is 0.0189 e. The molecule has 0 amide bonds. The maximum absolute atomic E-state index is 5.95. The first-order valence-electron chi connectivity index (χ1n) is 6.84. The highest BCUT2D eigenvalue weighted by atomic mass is 32.2. The van der Waals surface area contributed by atoms with E-state index < -0.39 is 0 Å². The van der Waals surface area contributed by atoms with Crippen molar-refractivity contribution in [3.63, 3.8) is 0 Å². The molecular weight excluding hydrogens is 252 g/mol. The molecule has 0 saturated heterocycles. The predicted molar refractivity (Wildman–Crippen MR) is 86.5 cm³/mol. The standard InChI is InChI=1S/C16H28N2S/c1-15(2,3)13-7-11(9-17)14(12(8-13)10-18)19-16(4,5)6/h7-8H,9-10,17-18H2,1-6H3. The van der Waals surface area contributed by atoms with Crippen LogP contribution in [0.3, 0.4) is 0 Å². The number of rotatable bonds is 3. The van der Waals surface area contributed by atoms with E-state index in [1.54, 1.807) is 0 Å². The Morgan fingerprint density at radius 1 is 0.895 bits per heavy atom. The highest BCUT2D eigenvalue weighted by Gasteiger charge is 2.21. The first-order chi connectivity index (χ1) is 8.58. The number of nitrogens with two attached hydrogens (primary N) is 2. The van der Waals surface area contributed by atoms with E-state index in [0.717, 1.165) is 0 Å². The number of hydrogen-bond acceptors (Lipinski definition) is 3. The van der Waals surface area contributed by atoms with Crippen LogP contribution in [-0.4, -0.2) is 4.75 Å². The highest BCUT2D eigenvalue weighted by molar-refractivity contribution is 8.00. The predicted octanol–water partition coefficient (Wildman–Crippen LogP) is 3.79. The lowest BCUT2D eigenvalue weighted by Crippen LogP contribution is -2.17. The molecule has 1 aromatic rings. The Labute approximate surface area is 122 Å². The summed E-state index contributed by atoms with van der Waals surface area (Å²) in [7, 11) is 0. The summed E-state index contributed by atoms with van der Waals surface area (Å²) in [6, 6.07) is 4.49. The molecule has 0 heterocycles. The molecule has 4 N–H and O–H groups in total. The Hall–Kier alpha value is -0.510. The number of hydrogen-bond donors (Lipinski definition) is 2. The monoisotopic (exact) mass is 280 g/mol. The molecule has 2 nitrogen and oxygen atoms in total. The molecule has 0 radical (unpaired) electrons. The normalized spacial score (nSPS) is 12.8. The fourth-order valence-electron chi connectivity index (χ4n) is 1.93. The molecule has 1 aromatic carbocycles. The third-order valence-electron chi connectivity index (χ3n) is 2.96. The molecule has 0 aliphatic heterocycles. The third kappa shape index (κ3) is 4.51. The molecule has 0 saturated carbocycles. The van der Waals surface area contributed by atoms with E-state index in [0.29, 0.717) is 13.1 Å². The zero-order valence-electron chi connectivity index (χ0n) is 13.1. The largest absolute Gasteiger partial charge is 0.326 e. The second-order valence-electron chi connectivity index (χ2n) is 7.00. The molecule has 0 bridgehead atoms. The highest BCUT2D eigenvalue weighted by Crippen LogP contribution is 2.38. The molecule has 0 spiro atoms. The molecule has 3 heteroatoms. The quantitative estimate of drug-likeness (QED) is 0.828. The fourth-order valence-corrected chi connectivity index (χ4v) is 3.09. The minimum Gasteiger partial charge on any atom is -0.326 e. The van der Waals surface area contributed by atoms with Gasteiger partial charge in [0.2, 0.25) is 0 Å². The Kier molecular flexibility index (Phi) is 5.10. The van der Waals surface area contributed by atoms with E-state index in [1.165, 1.54) is 21.6 Å². The molecular formula is C16H28N2S. The first kappa shape index (κ1) is 16.5. The maximum atomic E-state index is 5.95. The van der Waals surface area contributed by atoms with Gasteiger partial charge in [0.25, 0.3) is 0 Å². The maximum Gasteiger partial charge on any atom is 0.0189 e. The molecule has 0 fully saturated rings. The van der Waals surface area contributed by atoms with Crippen molar-refractivity contribution in [2.45, 2.75) is 69.7 Å². The zero-order chi connectivity index (χ0) is 14.8. The van der Waals surface area contributed by atoms with Crippen molar-refractivity contribution in [2.24, 2.45) is 11.5 Å². The van der Waals surface area contributed by atoms with Crippen LogP contribution in [-0.2, 0) is 18.5 Å².